The Morgan fingerprint density at radius 3 is 2.67 bits per heavy atom. The number of rotatable bonds is 4. The van der Waals surface area contributed by atoms with Crippen molar-refractivity contribution in [1.82, 2.24) is 30.0 Å². The molecule has 0 saturated heterocycles. The largest absolute Gasteiger partial charge is 0.465 e. The minimum absolute atomic E-state index is 0.202. The van der Waals surface area contributed by atoms with Gasteiger partial charge in [0, 0.05) is 49.0 Å². The molecule has 0 radical (unpaired) electrons. The minimum atomic E-state index is -0.887. The van der Waals surface area contributed by atoms with Gasteiger partial charge in [0.05, 0.1) is 11.1 Å². The van der Waals surface area contributed by atoms with Gasteiger partial charge in [-0.2, -0.15) is 5.10 Å². The van der Waals surface area contributed by atoms with Gasteiger partial charge in [-0.25, -0.2) is 14.8 Å². The highest BCUT2D eigenvalue weighted by molar-refractivity contribution is 5.87. The Kier molecular flexibility index (Phi) is 4.47. The first-order valence-electron chi connectivity index (χ1n) is 12.0. The third-order valence-corrected chi connectivity index (χ3v) is 8.40. The van der Waals surface area contributed by atoms with E-state index in [2.05, 4.69) is 37.9 Å². The second-order valence-corrected chi connectivity index (χ2v) is 10.4. The number of hydrogen-bond acceptors (Lipinski definition) is 5. The van der Waals surface area contributed by atoms with Crippen LogP contribution in [0.5, 0.6) is 0 Å². The predicted octanol–water partition coefficient (Wildman–Crippen LogP) is 3.69. The first-order chi connectivity index (χ1) is 15.9. The maximum atomic E-state index is 11.2. The summed E-state index contributed by atoms with van der Waals surface area (Å²) < 4.78 is 2.28. The number of H-pyrrole nitrogens is 1. The van der Waals surface area contributed by atoms with Gasteiger partial charge in [-0.3, -0.25) is 4.68 Å². The normalized spacial score (nSPS) is 26.5. The number of carboxylic acid groups (broad SMARTS) is 1. The molecule has 0 spiro atoms. The summed E-state index contributed by atoms with van der Waals surface area (Å²) in [5, 5.41) is 18.1. The molecule has 1 amide bonds. The van der Waals surface area contributed by atoms with Crippen LogP contribution in [0.1, 0.15) is 61.3 Å². The van der Waals surface area contributed by atoms with Crippen LogP contribution in [-0.2, 0) is 19.5 Å². The van der Waals surface area contributed by atoms with E-state index in [9.17, 15) is 9.90 Å². The van der Waals surface area contributed by atoms with Crippen LogP contribution in [0.25, 0.3) is 11.0 Å². The summed E-state index contributed by atoms with van der Waals surface area (Å²) in [7, 11) is 0. The van der Waals surface area contributed by atoms with Crippen LogP contribution in [0.4, 0.5) is 10.6 Å². The molecule has 0 atom stereocenters. The molecule has 3 fully saturated rings. The highest BCUT2D eigenvalue weighted by Crippen LogP contribution is 2.53. The first kappa shape index (κ1) is 20.5. The topological polar surface area (TPSA) is 112 Å². The maximum Gasteiger partial charge on any atom is 0.405 e. The molecule has 9 nitrogen and oxygen atoms in total. The lowest BCUT2D eigenvalue weighted by Crippen LogP contribution is -2.57. The molecular weight excluding hydrogens is 418 g/mol. The second kappa shape index (κ2) is 7.20. The van der Waals surface area contributed by atoms with Crippen molar-refractivity contribution in [1.29, 1.82) is 0 Å². The Labute approximate surface area is 192 Å². The molecule has 1 aliphatic heterocycles. The van der Waals surface area contributed by atoms with E-state index >= 15 is 0 Å². The Morgan fingerprint density at radius 2 is 1.94 bits per heavy atom. The number of fused-ring (bicyclic) bond motifs is 5. The van der Waals surface area contributed by atoms with E-state index in [0.717, 1.165) is 92.9 Å². The van der Waals surface area contributed by atoms with Crippen molar-refractivity contribution in [2.75, 3.05) is 11.4 Å². The molecule has 0 unspecified atom stereocenters. The lowest BCUT2D eigenvalue weighted by molar-refractivity contribution is 0.00945. The average Bonchev–Trinajstić information content (AvgIpc) is 3.38. The molecule has 33 heavy (non-hydrogen) atoms. The number of hydrogen-bond donors (Lipinski definition) is 3. The molecule has 3 aliphatic carbocycles. The molecular formula is C24H31N7O2. The molecule has 2 bridgehead atoms. The minimum Gasteiger partial charge on any atom is -0.465 e. The standard InChI is InChI=1S/C24H31N7O2/c1-15-18-13-30(21-17-3-11-25-20(17)26-16(2)27-21)12-4-19(18)31(29-15)14-23-5-8-24(9-6-23,10-7-23)28-22(32)33/h3,11,28H,4-10,12-14H2,1-2H3,(H,32,33)(H,25,26,27). The summed E-state index contributed by atoms with van der Waals surface area (Å²) in [6.45, 7) is 6.74. The van der Waals surface area contributed by atoms with E-state index in [1.54, 1.807) is 0 Å². The summed E-state index contributed by atoms with van der Waals surface area (Å²) in [5.74, 6) is 1.78. The molecule has 174 valence electrons. The summed E-state index contributed by atoms with van der Waals surface area (Å²) in [6, 6.07) is 2.06. The Bertz CT molecular complexity index is 1220. The monoisotopic (exact) mass is 449 g/mol. The second-order valence-electron chi connectivity index (χ2n) is 10.4. The van der Waals surface area contributed by atoms with Gasteiger partial charge in [0.25, 0.3) is 0 Å². The van der Waals surface area contributed by atoms with Crippen LogP contribution in [0.2, 0.25) is 0 Å². The Hall–Kier alpha value is -3.10. The molecule has 3 N–H and O–H groups in total. The van der Waals surface area contributed by atoms with E-state index in [0.29, 0.717) is 0 Å². The van der Waals surface area contributed by atoms with E-state index in [-0.39, 0.29) is 11.0 Å². The van der Waals surface area contributed by atoms with Crippen LogP contribution >= 0.6 is 0 Å². The third-order valence-electron chi connectivity index (χ3n) is 8.40. The van der Waals surface area contributed by atoms with E-state index < -0.39 is 6.09 Å². The van der Waals surface area contributed by atoms with Gasteiger partial charge < -0.3 is 20.3 Å². The zero-order chi connectivity index (χ0) is 22.8. The molecule has 4 aliphatic rings. The number of aromatic nitrogens is 5. The quantitative estimate of drug-likeness (QED) is 0.560. The number of anilines is 1. The summed E-state index contributed by atoms with van der Waals surface area (Å²) >= 11 is 0. The van der Waals surface area contributed by atoms with Crippen LogP contribution in [0, 0.1) is 19.3 Å². The number of aromatic amines is 1. The summed E-state index contributed by atoms with van der Waals surface area (Å²) in [5.41, 5.74) is 4.72. The predicted molar refractivity (Wildman–Crippen MR) is 124 cm³/mol. The first-order valence-corrected chi connectivity index (χ1v) is 12.0. The molecule has 0 aromatic carbocycles. The third kappa shape index (κ3) is 3.36. The van der Waals surface area contributed by atoms with Crippen molar-refractivity contribution in [2.24, 2.45) is 5.41 Å². The summed E-state index contributed by atoms with van der Waals surface area (Å²) in [4.78, 5) is 26.1. The highest BCUT2D eigenvalue weighted by atomic mass is 16.4. The number of carbonyl (C=O) groups is 1. The lowest BCUT2D eigenvalue weighted by Gasteiger charge is -2.53. The number of nitrogens with one attached hydrogen (secondary N) is 2. The summed E-state index contributed by atoms with van der Waals surface area (Å²) in [6.07, 6.45) is 8.01. The van der Waals surface area contributed by atoms with Crippen LogP contribution < -0.4 is 10.2 Å². The highest BCUT2D eigenvalue weighted by Gasteiger charge is 2.49. The zero-order valence-electron chi connectivity index (χ0n) is 19.3. The van der Waals surface area contributed by atoms with E-state index in [1.807, 2.05) is 13.1 Å². The van der Waals surface area contributed by atoms with E-state index in [1.165, 1.54) is 11.3 Å². The van der Waals surface area contributed by atoms with E-state index in [4.69, 9.17) is 10.1 Å². The molecule has 3 saturated carbocycles. The van der Waals surface area contributed by atoms with Crippen molar-refractivity contribution >= 4 is 22.9 Å². The maximum absolute atomic E-state index is 11.2. The SMILES string of the molecule is Cc1nc(N2CCc3c(c(C)nn3CC34CCC(NC(=O)O)(CC3)CC4)C2)c2cc[nH]c2n1. The van der Waals surface area contributed by atoms with Gasteiger partial charge >= 0.3 is 6.09 Å². The molecule has 9 heteroatoms. The molecule has 3 aromatic heterocycles. The fraction of sp³-hybridized carbons (Fsp3) is 0.583. The van der Waals surface area contributed by atoms with Crippen LogP contribution in [0.3, 0.4) is 0 Å². The van der Waals surface area contributed by atoms with Crippen molar-refractivity contribution in [2.45, 2.75) is 77.4 Å². The van der Waals surface area contributed by atoms with Gasteiger partial charge in [0.15, 0.2) is 0 Å². The van der Waals surface area contributed by atoms with Gasteiger partial charge in [0.1, 0.15) is 17.3 Å². The van der Waals surface area contributed by atoms with Gasteiger partial charge in [-0.15, -0.1) is 0 Å². The van der Waals surface area contributed by atoms with Crippen LogP contribution in [0.15, 0.2) is 12.3 Å². The molecule has 7 rings (SSSR count). The van der Waals surface area contributed by atoms with Crippen LogP contribution in [-0.4, -0.2) is 48.0 Å². The smallest absolute Gasteiger partial charge is 0.405 e. The molecule has 3 aromatic rings. The van der Waals surface area contributed by atoms with Gasteiger partial charge in [0.2, 0.25) is 0 Å². The Morgan fingerprint density at radius 1 is 1.18 bits per heavy atom. The fourth-order valence-electron chi connectivity index (χ4n) is 6.48. The number of amides is 1. The number of nitrogens with zero attached hydrogens (tertiary/aromatic N) is 5. The van der Waals surface area contributed by atoms with Gasteiger partial charge in [-0.1, -0.05) is 0 Å². The lowest BCUT2D eigenvalue weighted by atomic mass is 9.57. The zero-order valence-corrected chi connectivity index (χ0v) is 19.3. The van der Waals surface area contributed by atoms with Crippen molar-refractivity contribution in [3.8, 4) is 0 Å². The van der Waals surface area contributed by atoms with Crippen molar-refractivity contribution in [3.63, 3.8) is 0 Å². The number of aryl methyl sites for hydroxylation is 2. The average molecular weight is 450 g/mol. The fourth-order valence-corrected chi connectivity index (χ4v) is 6.48. The van der Waals surface area contributed by atoms with Gasteiger partial charge in [-0.05, 0) is 63.9 Å². The van der Waals surface area contributed by atoms with Crippen molar-refractivity contribution < 1.29 is 9.90 Å². The van der Waals surface area contributed by atoms with Crippen molar-refractivity contribution in [3.05, 3.63) is 35.0 Å². The molecule has 4 heterocycles. The Balaban J connectivity index is 1.24.